The number of rotatable bonds is 6. The number of carbonyl (C=O) groups excluding carboxylic acids is 1. The Bertz CT molecular complexity index is 1050. The van der Waals surface area contributed by atoms with Crippen LogP contribution in [0.4, 0.5) is 10.5 Å². The number of aromatic nitrogens is 1. The molecule has 6 heteroatoms. The summed E-state index contributed by atoms with van der Waals surface area (Å²) in [4.78, 5) is 16.3. The van der Waals surface area contributed by atoms with Crippen LogP contribution in [0.5, 0.6) is 0 Å². The molecule has 0 bridgehead atoms. The summed E-state index contributed by atoms with van der Waals surface area (Å²) in [7, 11) is 0. The molecular formula is C24H22ClN3O2. The first-order chi connectivity index (χ1) is 14.6. The van der Waals surface area contributed by atoms with Crippen molar-refractivity contribution < 1.29 is 9.53 Å². The van der Waals surface area contributed by atoms with E-state index in [9.17, 15) is 4.79 Å². The van der Waals surface area contributed by atoms with E-state index in [1.54, 1.807) is 12.3 Å². The molecule has 0 saturated heterocycles. The minimum Gasteiger partial charge on any atom is -0.449 e. The average Bonchev–Trinajstić information content (AvgIpc) is 3.07. The van der Waals surface area contributed by atoms with E-state index in [0.29, 0.717) is 36.0 Å². The van der Waals surface area contributed by atoms with E-state index >= 15 is 0 Å². The van der Waals surface area contributed by atoms with Crippen LogP contribution in [-0.2, 0) is 4.74 Å². The Morgan fingerprint density at radius 3 is 2.47 bits per heavy atom. The molecule has 0 saturated carbocycles. The average molecular weight is 420 g/mol. The number of nitrogens with two attached hydrogens (primary N) is 1. The Hall–Kier alpha value is -3.31. The van der Waals surface area contributed by atoms with Crippen molar-refractivity contribution in [2.24, 2.45) is 0 Å². The summed E-state index contributed by atoms with van der Waals surface area (Å²) in [5, 5.41) is 3.28. The standard InChI is InChI=1S/C24H22ClN3O2/c25-16-13-22(26)23(28-14-16)11-5-6-12-27-24(29)30-15-21-19-9-3-1-7-17(19)18-8-2-4-10-20(18)21/h1-5,7-11,13-14,21H,6,12,15,26H2,(H,27,29). The van der Waals surface area contributed by atoms with Gasteiger partial charge in [-0.2, -0.15) is 0 Å². The highest BCUT2D eigenvalue weighted by molar-refractivity contribution is 6.30. The van der Waals surface area contributed by atoms with E-state index in [0.717, 1.165) is 0 Å². The van der Waals surface area contributed by atoms with Gasteiger partial charge in [0, 0.05) is 18.7 Å². The molecule has 0 aliphatic heterocycles. The van der Waals surface area contributed by atoms with Crippen molar-refractivity contribution in [3.63, 3.8) is 0 Å². The molecule has 1 aromatic heterocycles. The van der Waals surface area contributed by atoms with Crippen LogP contribution in [0.25, 0.3) is 17.2 Å². The van der Waals surface area contributed by atoms with Gasteiger partial charge in [-0.25, -0.2) is 4.79 Å². The van der Waals surface area contributed by atoms with E-state index in [-0.39, 0.29) is 5.92 Å². The number of nitrogens with one attached hydrogen (secondary N) is 1. The number of ether oxygens (including phenoxy) is 1. The maximum atomic E-state index is 12.1. The van der Waals surface area contributed by atoms with Crippen LogP contribution in [0.2, 0.25) is 5.02 Å². The van der Waals surface area contributed by atoms with Crippen LogP contribution < -0.4 is 11.1 Å². The van der Waals surface area contributed by atoms with E-state index < -0.39 is 6.09 Å². The van der Waals surface area contributed by atoms with Gasteiger partial charge in [0.25, 0.3) is 0 Å². The van der Waals surface area contributed by atoms with Gasteiger partial charge in [-0.3, -0.25) is 4.98 Å². The number of nitrogens with zero attached hydrogens (tertiary/aromatic N) is 1. The molecule has 2 aromatic carbocycles. The molecule has 0 spiro atoms. The lowest BCUT2D eigenvalue weighted by molar-refractivity contribution is 0.143. The summed E-state index contributed by atoms with van der Waals surface area (Å²) in [5.41, 5.74) is 11.8. The third-order valence-corrected chi connectivity index (χ3v) is 5.32. The second-order valence-corrected chi connectivity index (χ2v) is 7.51. The quantitative estimate of drug-likeness (QED) is 0.534. The molecule has 0 unspecified atom stereocenters. The van der Waals surface area contributed by atoms with Crippen molar-refractivity contribution in [2.75, 3.05) is 18.9 Å². The molecule has 1 amide bonds. The van der Waals surface area contributed by atoms with E-state index in [1.165, 1.54) is 22.3 Å². The first kappa shape index (κ1) is 20.0. The summed E-state index contributed by atoms with van der Waals surface area (Å²) in [6.45, 7) is 0.765. The van der Waals surface area contributed by atoms with E-state index in [4.69, 9.17) is 22.1 Å². The van der Waals surface area contributed by atoms with E-state index in [1.807, 2.05) is 36.4 Å². The number of amides is 1. The topological polar surface area (TPSA) is 77.2 Å². The van der Waals surface area contributed by atoms with Gasteiger partial charge in [-0.1, -0.05) is 66.2 Å². The second-order valence-electron chi connectivity index (χ2n) is 7.07. The predicted molar refractivity (Wildman–Crippen MR) is 120 cm³/mol. The zero-order valence-electron chi connectivity index (χ0n) is 16.3. The van der Waals surface area contributed by atoms with Gasteiger partial charge < -0.3 is 15.8 Å². The minimum atomic E-state index is -0.422. The Kier molecular flexibility index (Phi) is 6.00. The van der Waals surface area contributed by atoms with Crippen LogP contribution >= 0.6 is 11.6 Å². The number of pyridine rings is 1. The van der Waals surface area contributed by atoms with Gasteiger partial charge in [-0.15, -0.1) is 0 Å². The third kappa shape index (κ3) is 4.31. The molecule has 152 valence electrons. The van der Waals surface area contributed by atoms with Crippen molar-refractivity contribution in [1.82, 2.24) is 10.3 Å². The zero-order valence-corrected chi connectivity index (χ0v) is 17.1. The fourth-order valence-electron chi connectivity index (χ4n) is 3.71. The second kappa shape index (κ2) is 9.01. The van der Waals surface area contributed by atoms with E-state index in [2.05, 4.69) is 34.6 Å². The van der Waals surface area contributed by atoms with Crippen molar-refractivity contribution in [3.05, 3.63) is 88.7 Å². The van der Waals surface area contributed by atoms with Crippen LogP contribution in [0.1, 0.15) is 29.2 Å². The van der Waals surface area contributed by atoms with Gasteiger partial charge in [0.05, 0.1) is 16.4 Å². The lowest BCUT2D eigenvalue weighted by Crippen LogP contribution is -2.26. The van der Waals surface area contributed by atoms with Crippen LogP contribution in [0.3, 0.4) is 0 Å². The SMILES string of the molecule is Nc1cc(Cl)cnc1C=CCCNC(=O)OCC1c2ccccc2-c2ccccc21. The fourth-order valence-corrected chi connectivity index (χ4v) is 3.87. The number of halogens is 1. The number of carbonyl (C=O) groups is 1. The van der Waals surface area contributed by atoms with Crippen molar-refractivity contribution in [3.8, 4) is 11.1 Å². The van der Waals surface area contributed by atoms with Crippen LogP contribution in [0, 0.1) is 0 Å². The van der Waals surface area contributed by atoms with Crippen LogP contribution in [-0.4, -0.2) is 24.2 Å². The first-order valence-electron chi connectivity index (χ1n) is 9.80. The van der Waals surface area contributed by atoms with Gasteiger partial charge in [0.15, 0.2) is 0 Å². The first-order valence-corrected chi connectivity index (χ1v) is 10.2. The Balaban J connectivity index is 1.28. The zero-order chi connectivity index (χ0) is 20.9. The summed E-state index contributed by atoms with van der Waals surface area (Å²) >= 11 is 5.84. The predicted octanol–water partition coefficient (Wildman–Crippen LogP) is 5.26. The number of fused-ring (bicyclic) bond motifs is 3. The maximum Gasteiger partial charge on any atom is 0.407 e. The van der Waals surface area contributed by atoms with Gasteiger partial charge in [0.2, 0.25) is 0 Å². The monoisotopic (exact) mass is 419 g/mol. The van der Waals surface area contributed by atoms with Gasteiger partial charge >= 0.3 is 6.09 Å². The number of hydrogen-bond acceptors (Lipinski definition) is 4. The third-order valence-electron chi connectivity index (χ3n) is 5.12. The molecule has 0 radical (unpaired) electrons. The summed E-state index contributed by atoms with van der Waals surface area (Å²) in [5.74, 6) is 0.0574. The number of hydrogen-bond donors (Lipinski definition) is 2. The molecule has 30 heavy (non-hydrogen) atoms. The smallest absolute Gasteiger partial charge is 0.407 e. The molecule has 3 aromatic rings. The number of benzene rings is 2. The number of nitrogen functional groups attached to an aromatic ring is 1. The molecule has 1 aliphatic rings. The lowest BCUT2D eigenvalue weighted by Gasteiger charge is -2.14. The van der Waals surface area contributed by atoms with Crippen LogP contribution in [0.15, 0.2) is 66.9 Å². The summed E-state index contributed by atoms with van der Waals surface area (Å²) in [6, 6.07) is 18.2. The summed E-state index contributed by atoms with van der Waals surface area (Å²) < 4.78 is 5.52. The molecule has 3 N–H and O–H groups in total. The molecule has 4 rings (SSSR count). The number of anilines is 1. The Morgan fingerprint density at radius 2 is 1.80 bits per heavy atom. The van der Waals surface area contributed by atoms with Crippen molar-refractivity contribution >= 4 is 29.5 Å². The van der Waals surface area contributed by atoms with Gasteiger partial charge in [-0.05, 0) is 40.8 Å². The van der Waals surface area contributed by atoms with Gasteiger partial charge in [0.1, 0.15) is 6.61 Å². The Labute approximate surface area is 180 Å². The lowest BCUT2D eigenvalue weighted by atomic mass is 9.98. The molecule has 0 fully saturated rings. The fraction of sp³-hybridized carbons (Fsp3) is 0.167. The molecule has 5 nitrogen and oxygen atoms in total. The highest BCUT2D eigenvalue weighted by Crippen LogP contribution is 2.44. The number of alkyl carbamates (subject to hydrolysis) is 1. The maximum absolute atomic E-state index is 12.1. The molecular weight excluding hydrogens is 398 g/mol. The Morgan fingerprint density at radius 1 is 1.13 bits per heavy atom. The molecule has 1 aliphatic carbocycles. The highest BCUT2D eigenvalue weighted by Gasteiger charge is 2.28. The van der Waals surface area contributed by atoms with Crippen molar-refractivity contribution in [2.45, 2.75) is 12.3 Å². The molecule has 0 atom stereocenters. The minimum absolute atomic E-state index is 0.0574. The summed E-state index contributed by atoms with van der Waals surface area (Å²) in [6.07, 6.45) is 5.47. The normalized spacial score (nSPS) is 12.6. The largest absolute Gasteiger partial charge is 0.449 e. The van der Waals surface area contributed by atoms with Crippen molar-refractivity contribution in [1.29, 1.82) is 0 Å². The molecule has 1 heterocycles. The highest BCUT2D eigenvalue weighted by atomic mass is 35.5.